The number of benzene rings is 1. The number of anilines is 1. The third kappa shape index (κ3) is 2.80. The van der Waals surface area contributed by atoms with Crippen LogP contribution >= 0.6 is 0 Å². The molecular weight excluding hydrogens is 234 g/mol. The van der Waals surface area contributed by atoms with Crippen LogP contribution in [0, 0.1) is 0 Å². The van der Waals surface area contributed by atoms with Crippen LogP contribution in [0.15, 0.2) is 23.1 Å². The average molecular weight is 253 g/mol. The van der Waals surface area contributed by atoms with Crippen LogP contribution in [0.1, 0.15) is 19.3 Å². The number of rotatable bonds is 3. The van der Waals surface area contributed by atoms with Gasteiger partial charge >= 0.3 is 0 Å². The average Bonchev–Trinajstić information content (AvgIpc) is 2.39. The van der Waals surface area contributed by atoms with Gasteiger partial charge in [0, 0.05) is 19.3 Å². The molecule has 0 radical (unpaired) electrons. The monoisotopic (exact) mass is 253 g/mol. The van der Waals surface area contributed by atoms with Crippen molar-refractivity contribution in [2.24, 2.45) is 0 Å². The number of hydrogen-bond acceptors (Lipinski definition) is 3. The van der Waals surface area contributed by atoms with Crippen LogP contribution in [0.5, 0.6) is 5.75 Å². The molecule has 17 heavy (non-hydrogen) atoms. The molecule has 1 aromatic carbocycles. The molecule has 1 aliphatic rings. The van der Waals surface area contributed by atoms with Gasteiger partial charge in [-0.15, -0.1) is 0 Å². The Kier molecular flexibility index (Phi) is 4.05. The first-order chi connectivity index (χ1) is 8.22. The molecule has 0 aromatic heterocycles. The second-order valence-corrected chi connectivity index (χ2v) is 5.68. The highest BCUT2D eigenvalue weighted by atomic mass is 32.2. The van der Waals surface area contributed by atoms with Crippen LogP contribution in [-0.4, -0.2) is 30.7 Å². The van der Waals surface area contributed by atoms with Crippen molar-refractivity contribution in [2.45, 2.75) is 24.2 Å². The summed E-state index contributed by atoms with van der Waals surface area (Å²) in [5.74, 6) is 0.774. The quantitative estimate of drug-likeness (QED) is 0.828. The summed E-state index contributed by atoms with van der Waals surface area (Å²) in [5, 5.41) is 0. The molecule has 0 aliphatic carbocycles. The lowest BCUT2D eigenvalue weighted by molar-refractivity contribution is 0.413. The molecule has 0 saturated carbocycles. The third-order valence-electron chi connectivity index (χ3n) is 3.17. The maximum absolute atomic E-state index is 11.8. The summed E-state index contributed by atoms with van der Waals surface area (Å²) in [4.78, 5) is 3.21. The number of ether oxygens (including phenoxy) is 1. The van der Waals surface area contributed by atoms with E-state index in [0.717, 1.165) is 29.4 Å². The van der Waals surface area contributed by atoms with E-state index < -0.39 is 10.8 Å². The zero-order valence-corrected chi connectivity index (χ0v) is 11.3. The lowest BCUT2D eigenvalue weighted by Crippen LogP contribution is -2.30. The van der Waals surface area contributed by atoms with Gasteiger partial charge in [0.05, 0.1) is 28.5 Å². The van der Waals surface area contributed by atoms with E-state index in [1.807, 2.05) is 18.2 Å². The first-order valence-corrected chi connectivity index (χ1v) is 7.54. The summed E-state index contributed by atoms with van der Waals surface area (Å²) < 4.78 is 17.0. The summed E-state index contributed by atoms with van der Waals surface area (Å²) in [6.45, 7) is 2.13. The molecule has 0 bridgehead atoms. The van der Waals surface area contributed by atoms with Gasteiger partial charge in [-0.25, -0.2) is 0 Å². The Bertz CT molecular complexity index is 414. The Morgan fingerprint density at radius 2 is 1.94 bits per heavy atom. The predicted molar refractivity (Wildman–Crippen MR) is 71.4 cm³/mol. The number of piperidine rings is 1. The van der Waals surface area contributed by atoms with Crippen LogP contribution in [-0.2, 0) is 10.8 Å². The third-order valence-corrected chi connectivity index (χ3v) is 4.12. The van der Waals surface area contributed by atoms with Gasteiger partial charge < -0.3 is 9.64 Å². The minimum atomic E-state index is -0.976. The van der Waals surface area contributed by atoms with Gasteiger partial charge in [-0.05, 0) is 37.5 Å². The Balaban J connectivity index is 2.34. The highest BCUT2D eigenvalue weighted by Crippen LogP contribution is 2.29. The molecule has 1 aliphatic heterocycles. The largest absolute Gasteiger partial charge is 0.497 e. The zero-order chi connectivity index (χ0) is 12.3. The molecule has 2 rings (SSSR count). The van der Waals surface area contributed by atoms with Gasteiger partial charge in [0.2, 0.25) is 0 Å². The minimum absolute atomic E-state index is 0.774. The lowest BCUT2D eigenvalue weighted by atomic mass is 10.1. The van der Waals surface area contributed by atoms with Crippen molar-refractivity contribution in [3.8, 4) is 5.75 Å². The summed E-state index contributed by atoms with van der Waals surface area (Å²) in [6.07, 6.45) is 5.48. The maximum atomic E-state index is 11.8. The normalized spacial score (nSPS) is 17.9. The molecule has 94 valence electrons. The van der Waals surface area contributed by atoms with E-state index in [1.54, 1.807) is 13.4 Å². The van der Waals surface area contributed by atoms with Crippen LogP contribution in [0.25, 0.3) is 0 Å². The van der Waals surface area contributed by atoms with E-state index in [0.29, 0.717) is 0 Å². The van der Waals surface area contributed by atoms with Gasteiger partial charge in [0.25, 0.3) is 0 Å². The number of nitrogens with zero attached hydrogens (tertiary/aromatic N) is 1. The SMILES string of the molecule is COc1ccc(N2CCCCC2)c([S@](C)=O)c1. The van der Waals surface area contributed by atoms with E-state index in [9.17, 15) is 4.21 Å². The molecule has 1 fully saturated rings. The predicted octanol–water partition coefficient (Wildman–Crippen LogP) is 2.42. The fraction of sp³-hybridized carbons (Fsp3) is 0.538. The summed E-state index contributed by atoms with van der Waals surface area (Å²) in [6, 6.07) is 5.86. The summed E-state index contributed by atoms with van der Waals surface area (Å²) >= 11 is 0. The fourth-order valence-electron chi connectivity index (χ4n) is 2.25. The molecular formula is C13H19NO2S. The van der Waals surface area contributed by atoms with Crippen molar-refractivity contribution in [1.82, 2.24) is 0 Å². The molecule has 1 atom stereocenters. The zero-order valence-electron chi connectivity index (χ0n) is 10.4. The molecule has 1 saturated heterocycles. The van der Waals surface area contributed by atoms with Crippen molar-refractivity contribution in [3.05, 3.63) is 18.2 Å². The minimum Gasteiger partial charge on any atom is -0.497 e. The summed E-state index contributed by atoms with van der Waals surface area (Å²) in [7, 11) is 0.661. The number of hydrogen-bond donors (Lipinski definition) is 0. The van der Waals surface area contributed by atoms with E-state index in [-0.39, 0.29) is 0 Å². The second-order valence-electron chi connectivity index (χ2n) is 4.34. The molecule has 1 aromatic rings. The molecule has 0 unspecified atom stereocenters. The van der Waals surface area contributed by atoms with E-state index in [1.165, 1.54) is 19.3 Å². The highest BCUT2D eigenvalue weighted by molar-refractivity contribution is 7.84. The Hall–Kier alpha value is -1.03. The van der Waals surface area contributed by atoms with Gasteiger partial charge in [0.15, 0.2) is 0 Å². The maximum Gasteiger partial charge on any atom is 0.120 e. The van der Waals surface area contributed by atoms with Crippen LogP contribution in [0.2, 0.25) is 0 Å². The van der Waals surface area contributed by atoms with Gasteiger partial charge in [-0.3, -0.25) is 4.21 Å². The first kappa shape index (κ1) is 12.4. The van der Waals surface area contributed by atoms with Crippen LogP contribution in [0.4, 0.5) is 5.69 Å². The van der Waals surface area contributed by atoms with Crippen molar-refractivity contribution in [1.29, 1.82) is 0 Å². The summed E-state index contributed by atoms with van der Waals surface area (Å²) in [5.41, 5.74) is 1.10. The van der Waals surface area contributed by atoms with Gasteiger partial charge in [-0.1, -0.05) is 0 Å². The van der Waals surface area contributed by atoms with Crippen LogP contribution < -0.4 is 9.64 Å². The topological polar surface area (TPSA) is 29.5 Å². The Morgan fingerprint density at radius 3 is 2.53 bits per heavy atom. The van der Waals surface area contributed by atoms with Crippen molar-refractivity contribution in [3.63, 3.8) is 0 Å². The molecule has 0 amide bonds. The second kappa shape index (κ2) is 5.54. The molecule has 3 nitrogen and oxygen atoms in total. The van der Waals surface area contributed by atoms with Gasteiger partial charge in [0.1, 0.15) is 5.75 Å². The first-order valence-electron chi connectivity index (χ1n) is 5.99. The van der Waals surface area contributed by atoms with Crippen LogP contribution in [0.3, 0.4) is 0 Å². The van der Waals surface area contributed by atoms with Crippen molar-refractivity contribution in [2.75, 3.05) is 31.4 Å². The molecule has 1 heterocycles. The molecule has 0 spiro atoms. The van der Waals surface area contributed by atoms with E-state index in [2.05, 4.69) is 4.90 Å². The lowest BCUT2D eigenvalue weighted by Gasteiger charge is -2.30. The Labute approximate surface area is 105 Å². The molecule has 0 N–H and O–H groups in total. The smallest absolute Gasteiger partial charge is 0.120 e. The Morgan fingerprint density at radius 1 is 1.24 bits per heavy atom. The van der Waals surface area contributed by atoms with E-state index >= 15 is 0 Å². The highest BCUT2D eigenvalue weighted by Gasteiger charge is 2.16. The fourth-order valence-corrected chi connectivity index (χ4v) is 3.02. The van der Waals surface area contributed by atoms with Crippen molar-refractivity contribution >= 4 is 16.5 Å². The van der Waals surface area contributed by atoms with Crippen molar-refractivity contribution < 1.29 is 8.95 Å². The van der Waals surface area contributed by atoms with E-state index in [4.69, 9.17) is 4.74 Å². The standard InChI is InChI=1S/C13H19NO2S/c1-16-11-6-7-12(13(10-11)17(2)15)14-8-4-3-5-9-14/h6-7,10H,3-5,8-9H2,1-2H3/t17-/m0/s1. The van der Waals surface area contributed by atoms with Gasteiger partial charge in [-0.2, -0.15) is 0 Å². The molecule has 4 heteroatoms. The number of methoxy groups -OCH3 is 1.